The Morgan fingerprint density at radius 1 is 0.421 bits per heavy atom. The highest BCUT2D eigenvalue weighted by Crippen LogP contribution is 2.55. The van der Waals surface area contributed by atoms with Crippen LogP contribution in [0.4, 0.5) is 42.9 Å². The average molecular weight is 501 g/mol. The van der Waals surface area contributed by atoms with Gasteiger partial charge in [0.25, 0.3) is 0 Å². The van der Waals surface area contributed by atoms with Crippen LogP contribution < -0.4 is 9.80 Å². The number of anilines is 6. The molecule has 0 aliphatic carbocycles. The molecule has 0 amide bonds. The van der Waals surface area contributed by atoms with Gasteiger partial charge in [-0.1, -0.05) is 78.9 Å². The number of halogens is 2. The molecule has 0 saturated heterocycles. The fraction of sp³-hybridized carbons (Fsp3) is 0.118. The lowest BCUT2D eigenvalue weighted by Gasteiger charge is -2.41. The van der Waals surface area contributed by atoms with E-state index in [9.17, 15) is 0 Å². The number of para-hydroxylation sites is 4. The molecule has 4 heteroatoms. The molecule has 0 bridgehead atoms. The summed E-state index contributed by atoms with van der Waals surface area (Å²) >= 11 is 0. The van der Waals surface area contributed by atoms with Crippen molar-refractivity contribution in [2.45, 2.75) is 25.2 Å². The number of benzene rings is 5. The molecule has 7 rings (SSSR count). The fourth-order valence-corrected chi connectivity index (χ4v) is 6.14. The van der Waals surface area contributed by atoms with E-state index in [4.69, 9.17) is 0 Å². The Morgan fingerprint density at radius 3 is 1.03 bits per heavy atom. The van der Waals surface area contributed by atoms with Gasteiger partial charge in [0.1, 0.15) is 0 Å². The molecule has 2 heterocycles. The first-order valence-corrected chi connectivity index (χ1v) is 12.9. The second-order valence-electron chi connectivity index (χ2n) is 10.3. The topological polar surface area (TPSA) is 6.48 Å². The number of fused-ring (bicyclic) bond motifs is 4. The molecule has 0 aromatic heterocycles. The fourth-order valence-electron chi connectivity index (χ4n) is 6.14. The Balaban J connectivity index is 1.45. The molecule has 0 atom stereocenters. The molecule has 0 fully saturated rings. The van der Waals surface area contributed by atoms with Crippen LogP contribution in [0, 0.1) is 0 Å². The van der Waals surface area contributed by atoms with Gasteiger partial charge in [-0.2, -0.15) is 0 Å². The summed E-state index contributed by atoms with van der Waals surface area (Å²) < 4.78 is 32.5. The van der Waals surface area contributed by atoms with Crippen LogP contribution in [-0.2, 0) is 11.3 Å². The highest BCUT2D eigenvalue weighted by Gasteiger charge is 2.42. The van der Waals surface area contributed by atoms with Crippen molar-refractivity contribution in [2.75, 3.05) is 9.80 Å². The molecular weight excluding hydrogens is 474 g/mol. The van der Waals surface area contributed by atoms with Crippen LogP contribution in [0.1, 0.15) is 36.1 Å². The van der Waals surface area contributed by atoms with Gasteiger partial charge in [0.2, 0.25) is 0 Å². The third-order valence-electron chi connectivity index (χ3n) is 7.95. The maximum Gasteiger partial charge on any atom is 0.162 e. The minimum atomic E-state index is -1.61. The number of hydrogen-bond donors (Lipinski definition) is 0. The SMILES string of the molecule is CC1(F)c2ccccc2N(c2cccc(N3c4ccccc4C(C)(F)c4ccccc43)c2)c2ccccc21. The quantitative estimate of drug-likeness (QED) is 0.238. The van der Waals surface area contributed by atoms with E-state index >= 15 is 8.78 Å². The molecule has 0 spiro atoms. The number of hydrogen-bond acceptors (Lipinski definition) is 2. The van der Waals surface area contributed by atoms with Crippen molar-refractivity contribution in [1.29, 1.82) is 0 Å². The van der Waals surface area contributed by atoms with Crippen LogP contribution in [-0.4, -0.2) is 0 Å². The van der Waals surface area contributed by atoms with Crippen molar-refractivity contribution in [1.82, 2.24) is 0 Å². The summed E-state index contributed by atoms with van der Waals surface area (Å²) in [5.41, 5.74) is 4.34. The monoisotopic (exact) mass is 500 g/mol. The number of rotatable bonds is 2. The van der Waals surface area contributed by atoms with Gasteiger partial charge in [0.15, 0.2) is 11.3 Å². The summed E-state index contributed by atoms with van der Waals surface area (Å²) in [7, 11) is 0. The van der Waals surface area contributed by atoms with Crippen LogP contribution in [0.25, 0.3) is 0 Å². The summed E-state index contributed by atoms with van der Waals surface area (Å²) in [6.07, 6.45) is 0. The van der Waals surface area contributed by atoms with Gasteiger partial charge in [-0.15, -0.1) is 0 Å². The van der Waals surface area contributed by atoms with Gasteiger partial charge in [-0.05, 0) is 56.3 Å². The summed E-state index contributed by atoms with van der Waals surface area (Å²) in [6.45, 7) is 3.27. The average Bonchev–Trinajstić information content (AvgIpc) is 2.94. The van der Waals surface area contributed by atoms with Crippen molar-refractivity contribution >= 4 is 34.1 Å². The predicted molar refractivity (Wildman–Crippen MR) is 151 cm³/mol. The van der Waals surface area contributed by atoms with E-state index < -0.39 is 11.3 Å². The van der Waals surface area contributed by atoms with E-state index in [0.717, 1.165) is 34.1 Å². The van der Waals surface area contributed by atoms with E-state index in [1.54, 1.807) is 13.8 Å². The molecule has 5 aromatic carbocycles. The Hall–Kier alpha value is -4.44. The Kier molecular flexibility index (Phi) is 4.80. The summed E-state index contributed by atoms with van der Waals surface area (Å²) in [5.74, 6) is 0. The van der Waals surface area contributed by atoms with Crippen molar-refractivity contribution < 1.29 is 8.78 Å². The minimum absolute atomic E-state index is 0.631. The Morgan fingerprint density at radius 2 is 0.711 bits per heavy atom. The third-order valence-corrected chi connectivity index (χ3v) is 7.95. The van der Waals surface area contributed by atoms with Crippen LogP contribution in [0.3, 0.4) is 0 Å². The predicted octanol–water partition coefficient (Wildman–Crippen LogP) is 9.72. The maximum atomic E-state index is 16.2. The summed E-state index contributed by atoms with van der Waals surface area (Å²) in [4.78, 5) is 4.24. The van der Waals surface area contributed by atoms with Gasteiger partial charge >= 0.3 is 0 Å². The lowest BCUT2D eigenvalue weighted by Crippen LogP contribution is -2.30. The smallest absolute Gasteiger partial charge is 0.162 e. The molecule has 0 saturated carbocycles. The normalized spacial score (nSPS) is 16.2. The van der Waals surface area contributed by atoms with Crippen molar-refractivity contribution in [3.05, 3.63) is 144 Å². The second kappa shape index (κ2) is 8.03. The molecule has 38 heavy (non-hydrogen) atoms. The largest absolute Gasteiger partial charge is 0.310 e. The number of nitrogens with zero attached hydrogens (tertiary/aromatic N) is 2. The van der Waals surface area contributed by atoms with Gasteiger partial charge in [-0.25, -0.2) is 8.78 Å². The summed E-state index contributed by atoms with van der Waals surface area (Å²) in [5, 5.41) is 0. The van der Waals surface area contributed by atoms with Gasteiger partial charge in [-0.3, -0.25) is 0 Å². The van der Waals surface area contributed by atoms with E-state index in [-0.39, 0.29) is 0 Å². The van der Waals surface area contributed by atoms with Gasteiger partial charge < -0.3 is 9.80 Å². The zero-order valence-electron chi connectivity index (χ0n) is 21.2. The minimum Gasteiger partial charge on any atom is -0.310 e. The Bertz CT molecular complexity index is 1480. The lowest BCUT2D eigenvalue weighted by molar-refractivity contribution is 0.250. The van der Waals surface area contributed by atoms with Gasteiger partial charge in [0.05, 0.1) is 22.7 Å². The molecule has 0 radical (unpaired) electrons. The van der Waals surface area contributed by atoms with E-state index in [1.165, 1.54) is 0 Å². The number of alkyl halides is 2. The Labute approximate surface area is 221 Å². The van der Waals surface area contributed by atoms with Crippen molar-refractivity contribution in [3.8, 4) is 0 Å². The second-order valence-corrected chi connectivity index (χ2v) is 10.3. The van der Waals surface area contributed by atoms with Crippen molar-refractivity contribution in [3.63, 3.8) is 0 Å². The molecule has 0 unspecified atom stereocenters. The van der Waals surface area contributed by atoms with Crippen LogP contribution in [0.5, 0.6) is 0 Å². The van der Waals surface area contributed by atoms with Crippen LogP contribution in [0.15, 0.2) is 121 Å². The highest BCUT2D eigenvalue weighted by atomic mass is 19.1. The molecule has 0 N–H and O–H groups in total. The van der Waals surface area contributed by atoms with Crippen LogP contribution >= 0.6 is 0 Å². The van der Waals surface area contributed by atoms with Crippen LogP contribution in [0.2, 0.25) is 0 Å². The first-order chi connectivity index (χ1) is 18.4. The molecular formula is C34H26F2N2. The molecule has 186 valence electrons. The molecule has 2 aliphatic rings. The van der Waals surface area contributed by atoms with E-state index in [0.29, 0.717) is 22.3 Å². The van der Waals surface area contributed by atoms with E-state index in [1.807, 2.05) is 115 Å². The molecule has 5 aromatic rings. The lowest BCUT2D eigenvalue weighted by atomic mass is 9.83. The zero-order valence-corrected chi connectivity index (χ0v) is 21.2. The van der Waals surface area contributed by atoms with Gasteiger partial charge in [0, 0.05) is 33.6 Å². The first kappa shape index (κ1) is 22.7. The van der Waals surface area contributed by atoms with Crippen molar-refractivity contribution in [2.24, 2.45) is 0 Å². The molecule has 2 nitrogen and oxygen atoms in total. The first-order valence-electron chi connectivity index (χ1n) is 12.9. The molecule has 2 aliphatic heterocycles. The standard InChI is InChI=1S/C34H26F2N2/c1-33(35)25-14-3-7-18-29(25)37(30-19-8-4-15-26(30)33)23-12-11-13-24(22-23)38-31-20-9-5-16-27(31)34(2,36)28-17-6-10-21-32(28)38/h3-22H,1-2H3. The zero-order chi connectivity index (χ0) is 26.1. The van der Waals surface area contributed by atoms with E-state index in [2.05, 4.69) is 15.9 Å². The maximum absolute atomic E-state index is 16.2. The summed E-state index contributed by atoms with van der Waals surface area (Å²) in [6, 6.07) is 38.8. The highest BCUT2D eigenvalue weighted by molar-refractivity contribution is 5.90. The third kappa shape index (κ3) is 3.10.